The molecule has 1 aromatic rings. The summed E-state index contributed by atoms with van der Waals surface area (Å²) in [5.41, 5.74) is 0.786. The van der Waals surface area contributed by atoms with Crippen molar-refractivity contribution in [3.8, 4) is 0 Å². The molecule has 1 heterocycles. The minimum Gasteiger partial charge on any atom is -0.270 e. The van der Waals surface area contributed by atoms with Gasteiger partial charge in [-0.25, -0.2) is 0 Å². The monoisotopic (exact) mass is 206 g/mol. The summed E-state index contributed by atoms with van der Waals surface area (Å²) >= 11 is 1.48. The van der Waals surface area contributed by atoms with E-state index in [4.69, 9.17) is 0 Å². The fourth-order valence-corrected chi connectivity index (χ4v) is 2.60. The summed E-state index contributed by atoms with van der Waals surface area (Å²) in [6.45, 7) is 1.86. The predicted molar refractivity (Wildman–Crippen MR) is 48.6 cm³/mol. The third kappa shape index (κ3) is 2.92. The van der Waals surface area contributed by atoms with Crippen molar-refractivity contribution < 1.29 is 12.6 Å². The second kappa shape index (κ2) is 4.02. The average Bonchev–Trinajstić information content (AvgIpc) is 2.38. The van der Waals surface area contributed by atoms with Crippen LogP contribution in [0.25, 0.3) is 0 Å². The summed E-state index contributed by atoms with van der Waals surface area (Å²) in [7, 11) is -3.35. The van der Waals surface area contributed by atoms with Crippen molar-refractivity contribution in [1.29, 1.82) is 0 Å². The molecule has 0 spiro atoms. The van der Waals surface area contributed by atoms with Gasteiger partial charge in [0.15, 0.2) is 0 Å². The van der Waals surface area contributed by atoms with E-state index in [0.29, 0.717) is 0 Å². The predicted octanol–water partition coefficient (Wildman–Crippen LogP) is 1.61. The third-order valence-corrected chi connectivity index (χ3v) is 3.23. The first-order valence-electron chi connectivity index (χ1n) is 3.52. The van der Waals surface area contributed by atoms with Gasteiger partial charge in [0, 0.05) is 0 Å². The lowest BCUT2D eigenvalue weighted by molar-refractivity contribution is 0.337. The van der Waals surface area contributed by atoms with E-state index in [2.05, 4.69) is 4.18 Å². The maximum absolute atomic E-state index is 11.1. The zero-order valence-corrected chi connectivity index (χ0v) is 8.32. The normalized spacial score (nSPS) is 11.8. The van der Waals surface area contributed by atoms with Crippen LogP contribution in [0.1, 0.15) is 12.5 Å². The first-order chi connectivity index (χ1) is 5.64. The van der Waals surface area contributed by atoms with Crippen molar-refractivity contribution >= 4 is 21.5 Å². The quantitative estimate of drug-likeness (QED) is 0.703. The zero-order valence-electron chi connectivity index (χ0n) is 6.69. The van der Waals surface area contributed by atoms with Gasteiger partial charge in [-0.15, -0.1) is 0 Å². The highest BCUT2D eigenvalue weighted by molar-refractivity contribution is 7.85. The van der Waals surface area contributed by atoms with Crippen LogP contribution in [0.4, 0.5) is 0 Å². The molecule has 0 fully saturated rings. The summed E-state index contributed by atoms with van der Waals surface area (Å²) in [5, 5.41) is 3.65. The van der Waals surface area contributed by atoms with E-state index in [9.17, 15) is 8.42 Å². The molecule has 0 aliphatic heterocycles. The van der Waals surface area contributed by atoms with Gasteiger partial charge in [-0.05, 0) is 29.3 Å². The van der Waals surface area contributed by atoms with Crippen LogP contribution in [0.15, 0.2) is 16.8 Å². The minimum absolute atomic E-state index is 0.0235. The van der Waals surface area contributed by atoms with Gasteiger partial charge in [0.2, 0.25) is 0 Å². The number of hydrogen-bond acceptors (Lipinski definition) is 4. The van der Waals surface area contributed by atoms with Crippen LogP contribution in [0.3, 0.4) is 0 Å². The lowest BCUT2D eigenvalue weighted by Crippen LogP contribution is -2.07. The highest BCUT2D eigenvalue weighted by atomic mass is 32.2. The van der Waals surface area contributed by atoms with Crippen LogP contribution in [-0.2, 0) is 20.1 Å². The van der Waals surface area contributed by atoms with E-state index >= 15 is 0 Å². The minimum atomic E-state index is -3.35. The van der Waals surface area contributed by atoms with E-state index < -0.39 is 10.1 Å². The van der Waals surface area contributed by atoms with Crippen LogP contribution in [0.5, 0.6) is 0 Å². The fraction of sp³-hybridized carbons (Fsp3) is 0.429. The molecule has 0 saturated carbocycles. The van der Waals surface area contributed by atoms with Crippen LogP contribution in [0.2, 0.25) is 0 Å². The molecule has 0 aromatic carbocycles. The number of hydrogen-bond donors (Lipinski definition) is 0. The summed E-state index contributed by atoms with van der Waals surface area (Å²) in [6, 6.07) is 1.78. The molecular formula is C7H10O3S2. The summed E-state index contributed by atoms with van der Waals surface area (Å²) in [6.07, 6.45) is 0. The van der Waals surface area contributed by atoms with Crippen LogP contribution < -0.4 is 0 Å². The molecule has 68 valence electrons. The van der Waals surface area contributed by atoms with Crippen molar-refractivity contribution in [1.82, 2.24) is 0 Å². The van der Waals surface area contributed by atoms with E-state index in [1.807, 2.05) is 5.38 Å². The molecule has 0 amide bonds. The van der Waals surface area contributed by atoms with Gasteiger partial charge in [-0.3, -0.25) is 4.18 Å². The van der Waals surface area contributed by atoms with Gasteiger partial charge in [0.1, 0.15) is 5.75 Å². The smallest absolute Gasteiger partial charge is 0.270 e. The molecule has 1 rings (SSSR count). The third-order valence-electron chi connectivity index (χ3n) is 1.22. The Morgan fingerprint density at radius 2 is 2.33 bits per heavy atom. The molecule has 0 aliphatic rings. The van der Waals surface area contributed by atoms with Crippen molar-refractivity contribution in [2.45, 2.75) is 12.7 Å². The Kier molecular flexibility index (Phi) is 3.25. The molecule has 12 heavy (non-hydrogen) atoms. The zero-order chi connectivity index (χ0) is 9.03. The molecule has 3 nitrogen and oxygen atoms in total. The molecule has 5 heteroatoms. The Morgan fingerprint density at radius 3 is 2.83 bits per heavy atom. The van der Waals surface area contributed by atoms with E-state index in [-0.39, 0.29) is 12.4 Å². The SMILES string of the molecule is CCOS(=O)(=O)Cc1ccsc1. The first kappa shape index (κ1) is 9.70. The molecule has 0 aliphatic carbocycles. The van der Waals surface area contributed by atoms with Crippen molar-refractivity contribution in [3.05, 3.63) is 22.4 Å². The van der Waals surface area contributed by atoms with Crippen molar-refractivity contribution in [3.63, 3.8) is 0 Å². The number of thiophene rings is 1. The topological polar surface area (TPSA) is 43.4 Å². The van der Waals surface area contributed by atoms with Gasteiger partial charge < -0.3 is 0 Å². The highest BCUT2D eigenvalue weighted by Gasteiger charge is 2.10. The second-order valence-electron chi connectivity index (χ2n) is 2.24. The van der Waals surface area contributed by atoms with Gasteiger partial charge in [-0.2, -0.15) is 19.8 Å². The Bertz CT molecular complexity index is 312. The molecule has 0 radical (unpaired) electrons. The molecular weight excluding hydrogens is 196 g/mol. The standard InChI is InChI=1S/C7H10O3S2/c1-2-10-12(8,9)6-7-3-4-11-5-7/h3-5H,2,6H2,1H3. The van der Waals surface area contributed by atoms with Crippen LogP contribution >= 0.6 is 11.3 Å². The Hall–Kier alpha value is -0.390. The average molecular weight is 206 g/mol. The second-order valence-corrected chi connectivity index (χ2v) is 4.66. The van der Waals surface area contributed by atoms with Crippen molar-refractivity contribution in [2.24, 2.45) is 0 Å². The van der Waals surface area contributed by atoms with Crippen molar-refractivity contribution in [2.75, 3.05) is 6.61 Å². The van der Waals surface area contributed by atoms with E-state index in [1.54, 1.807) is 18.4 Å². The molecule has 0 saturated heterocycles. The molecule has 0 unspecified atom stereocenters. The largest absolute Gasteiger partial charge is 0.271 e. The van der Waals surface area contributed by atoms with Crippen LogP contribution in [0, 0.1) is 0 Å². The van der Waals surface area contributed by atoms with Crippen LogP contribution in [-0.4, -0.2) is 15.0 Å². The lowest BCUT2D eigenvalue weighted by Gasteiger charge is -2.00. The lowest BCUT2D eigenvalue weighted by atomic mass is 10.4. The van der Waals surface area contributed by atoms with Gasteiger partial charge in [-0.1, -0.05) is 0 Å². The highest BCUT2D eigenvalue weighted by Crippen LogP contribution is 2.11. The van der Waals surface area contributed by atoms with Gasteiger partial charge in [0.05, 0.1) is 6.61 Å². The molecule has 0 N–H and O–H groups in total. The maximum Gasteiger partial charge on any atom is 0.271 e. The molecule has 0 atom stereocenters. The molecule has 0 bridgehead atoms. The first-order valence-corrected chi connectivity index (χ1v) is 6.04. The Morgan fingerprint density at radius 1 is 1.58 bits per heavy atom. The molecule has 1 aromatic heterocycles. The van der Waals surface area contributed by atoms with Gasteiger partial charge in [0.25, 0.3) is 10.1 Å². The summed E-state index contributed by atoms with van der Waals surface area (Å²) in [4.78, 5) is 0. The van der Waals surface area contributed by atoms with Gasteiger partial charge >= 0.3 is 0 Å². The summed E-state index contributed by atoms with van der Waals surface area (Å²) in [5.74, 6) is -0.0235. The van der Waals surface area contributed by atoms with E-state index in [1.165, 1.54) is 11.3 Å². The Balaban J connectivity index is 2.63. The fourth-order valence-electron chi connectivity index (χ4n) is 0.800. The Labute approximate surface area is 76.1 Å². The maximum atomic E-state index is 11.1. The summed E-state index contributed by atoms with van der Waals surface area (Å²) < 4.78 is 26.7. The van der Waals surface area contributed by atoms with E-state index in [0.717, 1.165) is 5.56 Å². The number of rotatable bonds is 4.